The largest absolute Gasteiger partial charge is 0.483 e. The van der Waals surface area contributed by atoms with Gasteiger partial charge < -0.3 is 9.47 Å². The fraction of sp³-hybridized carbons (Fsp3) is 0.412. The van der Waals surface area contributed by atoms with Crippen molar-refractivity contribution in [2.75, 3.05) is 24.8 Å². The molecule has 1 heterocycles. The Morgan fingerprint density at radius 3 is 2.65 bits per heavy atom. The molecule has 0 radical (unpaired) electrons. The second-order valence-corrected chi connectivity index (χ2v) is 8.52. The van der Waals surface area contributed by atoms with Crippen LogP contribution in [0.25, 0.3) is 0 Å². The molecule has 0 aliphatic heterocycles. The van der Waals surface area contributed by atoms with E-state index in [0.717, 1.165) is 5.56 Å². The van der Waals surface area contributed by atoms with Crippen LogP contribution in [0.5, 0.6) is 5.75 Å². The molecule has 1 N–H and O–H groups in total. The second-order valence-electron chi connectivity index (χ2n) is 6.32. The fourth-order valence-electron chi connectivity index (χ4n) is 2.01. The van der Waals surface area contributed by atoms with Crippen molar-refractivity contribution in [3.63, 3.8) is 0 Å². The van der Waals surface area contributed by atoms with Crippen LogP contribution < -0.4 is 10.1 Å². The number of aromatic nitrogens is 2. The molecule has 1 amide bonds. The van der Waals surface area contributed by atoms with Gasteiger partial charge in [0.1, 0.15) is 5.75 Å². The number of rotatable bonds is 7. The maximum atomic E-state index is 12.1. The molecule has 9 heteroatoms. The summed E-state index contributed by atoms with van der Waals surface area (Å²) in [5.74, 6) is 0.156. The zero-order valence-corrected chi connectivity index (χ0v) is 16.7. The van der Waals surface area contributed by atoms with E-state index in [1.807, 2.05) is 24.3 Å². The van der Waals surface area contributed by atoms with E-state index in [9.17, 15) is 9.59 Å². The number of methoxy groups -OCH3 is 1. The lowest BCUT2D eigenvalue weighted by Gasteiger charge is -2.22. The summed E-state index contributed by atoms with van der Waals surface area (Å²) < 4.78 is 10.8. The van der Waals surface area contributed by atoms with Gasteiger partial charge in [-0.3, -0.25) is 14.9 Å². The van der Waals surface area contributed by atoms with Crippen LogP contribution in [-0.2, 0) is 19.7 Å². The molecule has 26 heavy (non-hydrogen) atoms. The first-order valence-electron chi connectivity index (χ1n) is 7.85. The van der Waals surface area contributed by atoms with E-state index in [4.69, 9.17) is 4.74 Å². The van der Waals surface area contributed by atoms with Gasteiger partial charge in [0, 0.05) is 0 Å². The fourth-order valence-corrected chi connectivity index (χ4v) is 3.61. The van der Waals surface area contributed by atoms with Gasteiger partial charge in [-0.25, -0.2) is 0 Å². The zero-order valence-electron chi connectivity index (χ0n) is 15.1. The van der Waals surface area contributed by atoms with Gasteiger partial charge in [-0.1, -0.05) is 62.1 Å². The van der Waals surface area contributed by atoms with Gasteiger partial charge >= 0.3 is 5.97 Å². The van der Waals surface area contributed by atoms with E-state index < -0.39 is 0 Å². The minimum atomic E-state index is -0.346. The lowest BCUT2D eigenvalue weighted by Crippen LogP contribution is -2.21. The molecule has 0 fully saturated rings. The number of hydrogen-bond acceptors (Lipinski definition) is 8. The van der Waals surface area contributed by atoms with Gasteiger partial charge in [0.2, 0.25) is 5.13 Å². The molecule has 0 bridgehead atoms. The lowest BCUT2D eigenvalue weighted by atomic mass is 9.86. The zero-order chi connectivity index (χ0) is 19.2. The molecule has 1 aromatic carbocycles. The summed E-state index contributed by atoms with van der Waals surface area (Å²) in [4.78, 5) is 23.2. The number of carbonyl (C=O) groups excluding carboxylic acids is 2. The van der Waals surface area contributed by atoms with Crippen LogP contribution in [0.15, 0.2) is 28.6 Å². The molecule has 0 spiro atoms. The number of hydrogen-bond donors (Lipinski definition) is 1. The van der Waals surface area contributed by atoms with Crippen molar-refractivity contribution < 1.29 is 19.1 Å². The Morgan fingerprint density at radius 1 is 1.23 bits per heavy atom. The van der Waals surface area contributed by atoms with Crippen LogP contribution in [0.3, 0.4) is 0 Å². The molecule has 2 rings (SSSR count). The first kappa shape index (κ1) is 20.2. The van der Waals surface area contributed by atoms with E-state index >= 15 is 0 Å². The monoisotopic (exact) mass is 395 g/mol. The highest BCUT2D eigenvalue weighted by Gasteiger charge is 2.19. The Kier molecular flexibility index (Phi) is 6.98. The van der Waals surface area contributed by atoms with Crippen molar-refractivity contribution >= 4 is 40.1 Å². The maximum Gasteiger partial charge on any atom is 0.316 e. The topological polar surface area (TPSA) is 90.4 Å². The highest BCUT2D eigenvalue weighted by Crippen LogP contribution is 2.31. The number of nitrogens with one attached hydrogen (secondary N) is 1. The van der Waals surface area contributed by atoms with Gasteiger partial charge in [-0.05, 0) is 17.0 Å². The van der Waals surface area contributed by atoms with Crippen LogP contribution in [0.1, 0.15) is 26.3 Å². The quantitative estimate of drug-likeness (QED) is 0.437. The molecule has 1 aromatic heterocycles. The summed E-state index contributed by atoms with van der Waals surface area (Å²) in [6, 6.07) is 7.66. The Bertz CT molecular complexity index is 771. The third-order valence-corrected chi connectivity index (χ3v) is 5.19. The molecular formula is C17H21N3O4S2. The lowest BCUT2D eigenvalue weighted by molar-refractivity contribution is -0.137. The number of anilines is 1. The van der Waals surface area contributed by atoms with Crippen LogP contribution in [-0.4, -0.2) is 41.5 Å². The van der Waals surface area contributed by atoms with Crippen molar-refractivity contribution in [3.05, 3.63) is 29.8 Å². The van der Waals surface area contributed by atoms with E-state index in [-0.39, 0.29) is 29.7 Å². The number of thioether (sulfide) groups is 1. The molecular weight excluding hydrogens is 374 g/mol. The Labute approximate surface area is 160 Å². The number of benzene rings is 1. The van der Waals surface area contributed by atoms with Gasteiger partial charge in [0.25, 0.3) is 5.91 Å². The van der Waals surface area contributed by atoms with E-state index in [1.165, 1.54) is 30.2 Å². The summed E-state index contributed by atoms with van der Waals surface area (Å²) in [5.41, 5.74) is 0.947. The van der Waals surface area contributed by atoms with Gasteiger partial charge in [-0.15, -0.1) is 10.2 Å². The van der Waals surface area contributed by atoms with Crippen LogP contribution in [0, 0.1) is 0 Å². The third kappa shape index (κ3) is 5.99. The molecule has 0 aliphatic carbocycles. The molecule has 0 saturated carbocycles. The Morgan fingerprint density at radius 2 is 1.96 bits per heavy atom. The number of amides is 1. The van der Waals surface area contributed by atoms with Crippen molar-refractivity contribution in [1.29, 1.82) is 0 Å². The Hall–Kier alpha value is -2.13. The Balaban J connectivity index is 1.88. The average Bonchev–Trinajstić information content (AvgIpc) is 3.04. The van der Waals surface area contributed by atoms with Crippen LogP contribution in [0.2, 0.25) is 0 Å². The maximum absolute atomic E-state index is 12.1. The third-order valence-electron chi connectivity index (χ3n) is 3.25. The molecule has 0 atom stereocenters. The van der Waals surface area contributed by atoms with E-state index in [1.54, 1.807) is 0 Å². The number of esters is 1. The number of nitrogens with zero attached hydrogens (tertiary/aromatic N) is 2. The second kappa shape index (κ2) is 9.00. The minimum Gasteiger partial charge on any atom is -0.483 e. The summed E-state index contributed by atoms with van der Waals surface area (Å²) in [7, 11) is 1.33. The predicted octanol–water partition coefficient (Wildman–Crippen LogP) is 3.12. The van der Waals surface area contributed by atoms with Crippen molar-refractivity contribution in [3.8, 4) is 5.75 Å². The van der Waals surface area contributed by atoms with E-state index in [0.29, 0.717) is 15.2 Å². The average molecular weight is 396 g/mol. The highest BCUT2D eigenvalue weighted by molar-refractivity contribution is 8.01. The normalized spacial score (nSPS) is 11.1. The number of ether oxygens (including phenoxy) is 2. The van der Waals surface area contributed by atoms with E-state index in [2.05, 4.69) is 41.0 Å². The summed E-state index contributed by atoms with van der Waals surface area (Å²) in [6.45, 7) is 6.13. The number of para-hydroxylation sites is 1. The molecule has 0 unspecified atom stereocenters. The molecule has 140 valence electrons. The van der Waals surface area contributed by atoms with Gasteiger partial charge in [0.05, 0.1) is 12.9 Å². The van der Waals surface area contributed by atoms with Crippen LogP contribution >= 0.6 is 23.1 Å². The van der Waals surface area contributed by atoms with Crippen LogP contribution in [0.4, 0.5) is 5.13 Å². The highest BCUT2D eigenvalue weighted by atomic mass is 32.2. The van der Waals surface area contributed by atoms with Crippen molar-refractivity contribution in [1.82, 2.24) is 10.2 Å². The number of carbonyl (C=O) groups is 2. The molecule has 0 aliphatic rings. The smallest absolute Gasteiger partial charge is 0.316 e. The predicted molar refractivity (Wildman–Crippen MR) is 102 cm³/mol. The summed E-state index contributed by atoms with van der Waals surface area (Å²) >= 11 is 2.39. The summed E-state index contributed by atoms with van der Waals surface area (Å²) in [5, 5.41) is 10.8. The van der Waals surface area contributed by atoms with Gasteiger partial charge in [-0.2, -0.15) is 0 Å². The first-order chi connectivity index (χ1) is 12.3. The molecule has 7 nitrogen and oxygen atoms in total. The van der Waals surface area contributed by atoms with Crippen molar-refractivity contribution in [2.24, 2.45) is 0 Å². The molecule has 0 saturated heterocycles. The minimum absolute atomic E-state index is 0.0853. The SMILES string of the molecule is COC(=O)CSc1nnc(NC(=O)COc2ccccc2C(C)(C)C)s1. The molecule has 2 aromatic rings. The first-order valence-corrected chi connectivity index (χ1v) is 9.65. The van der Waals surface area contributed by atoms with Crippen molar-refractivity contribution in [2.45, 2.75) is 30.5 Å². The standard InChI is InChI=1S/C17H21N3O4S2/c1-17(2,3)11-7-5-6-8-12(11)24-9-13(21)18-15-19-20-16(26-15)25-10-14(22)23-4/h5-8H,9-10H2,1-4H3,(H,18,19,21). The van der Waals surface area contributed by atoms with Gasteiger partial charge in [0.15, 0.2) is 10.9 Å². The summed E-state index contributed by atoms with van der Waals surface area (Å²) in [6.07, 6.45) is 0.